The van der Waals surface area contributed by atoms with Crippen LogP contribution >= 0.6 is 0 Å². The van der Waals surface area contributed by atoms with Gasteiger partial charge in [0.25, 0.3) is 0 Å². The van der Waals surface area contributed by atoms with Gasteiger partial charge in [-0.1, -0.05) is 24.3 Å². The maximum Gasteiger partial charge on any atom is 0.235 e. The van der Waals surface area contributed by atoms with Crippen LogP contribution in [0.4, 0.5) is 5.69 Å². The zero-order valence-corrected chi connectivity index (χ0v) is 8.97. The number of nitrogens with zero attached hydrogens (tertiary/aromatic N) is 1. The van der Waals surface area contributed by atoms with Gasteiger partial charge in [-0.2, -0.15) is 0 Å². The maximum atomic E-state index is 12.1. The lowest BCUT2D eigenvalue weighted by molar-refractivity contribution is -0.123. The molecular weight excluding hydrogens is 200 g/mol. The van der Waals surface area contributed by atoms with Gasteiger partial charge in [-0.15, -0.1) is 0 Å². The van der Waals surface area contributed by atoms with E-state index in [0.717, 1.165) is 11.4 Å². The predicted octanol–water partition coefficient (Wildman–Crippen LogP) is 2.25. The zero-order valence-electron chi connectivity index (χ0n) is 8.97. The average Bonchev–Trinajstić information content (AvgIpc) is 2.30. The van der Waals surface area contributed by atoms with Gasteiger partial charge in [0.1, 0.15) is 0 Å². The molecule has 0 aromatic carbocycles. The van der Waals surface area contributed by atoms with Crippen LogP contribution in [0, 0.1) is 5.41 Å². The van der Waals surface area contributed by atoms with Crippen LogP contribution in [-0.2, 0) is 4.79 Å². The first-order valence-electron chi connectivity index (χ1n) is 5.34. The molecule has 1 aromatic heterocycles. The molecule has 80 valence electrons. The molecule has 0 spiro atoms. The molecule has 1 aromatic rings. The molecule has 2 atom stereocenters. The second-order valence-electron chi connectivity index (χ2n) is 4.39. The first-order valence-corrected chi connectivity index (χ1v) is 5.34. The van der Waals surface area contributed by atoms with E-state index in [1.165, 1.54) is 0 Å². The summed E-state index contributed by atoms with van der Waals surface area (Å²) < 4.78 is 0. The lowest BCUT2D eigenvalue weighted by atomic mass is 9.69. The van der Waals surface area contributed by atoms with Crippen LogP contribution in [0.2, 0.25) is 0 Å². The molecule has 1 aliphatic heterocycles. The van der Waals surface area contributed by atoms with Crippen LogP contribution in [0.3, 0.4) is 0 Å². The topological polar surface area (TPSA) is 42.0 Å². The minimum atomic E-state index is -0.504. The van der Waals surface area contributed by atoms with Crippen LogP contribution < -0.4 is 5.32 Å². The molecule has 1 N–H and O–H groups in total. The van der Waals surface area contributed by atoms with E-state index in [1.807, 2.05) is 43.4 Å². The first kappa shape index (κ1) is 9.33. The maximum absolute atomic E-state index is 12.1. The lowest BCUT2D eigenvalue weighted by Gasteiger charge is -2.38. The molecule has 0 bridgehead atoms. The summed E-state index contributed by atoms with van der Waals surface area (Å²) in [4.78, 5) is 16.5. The Bertz CT molecular complexity index is 518. The van der Waals surface area contributed by atoms with Gasteiger partial charge in [0.05, 0.1) is 16.8 Å². The Morgan fingerprint density at radius 3 is 3.19 bits per heavy atom. The molecule has 0 unspecified atom stereocenters. The fourth-order valence-corrected chi connectivity index (χ4v) is 2.35. The smallest absolute Gasteiger partial charge is 0.235 e. The van der Waals surface area contributed by atoms with Crippen molar-refractivity contribution in [1.29, 1.82) is 0 Å². The Hall–Kier alpha value is -1.90. The standard InChI is InChI=1S/C13H12N2O/c1-13-7-3-2-5-9(13)11-10(15-12(13)16)6-4-8-14-11/h2-9H,1H3,(H,15,16)/t9-,13-/m0/s1. The Morgan fingerprint density at radius 2 is 2.31 bits per heavy atom. The van der Waals surface area contributed by atoms with E-state index in [1.54, 1.807) is 6.20 Å². The van der Waals surface area contributed by atoms with Crippen molar-refractivity contribution in [1.82, 2.24) is 4.98 Å². The van der Waals surface area contributed by atoms with E-state index in [-0.39, 0.29) is 11.8 Å². The van der Waals surface area contributed by atoms with Gasteiger partial charge in [-0.05, 0) is 19.1 Å². The Labute approximate surface area is 93.9 Å². The summed E-state index contributed by atoms with van der Waals surface area (Å²) in [6, 6.07) is 3.73. The zero-order chi connectivity index (χ0) is 11.2. The molecule has 3 heteroatoms. The van der Waals surface area contributed by atoms with Gasteiger partial charge in [-0.25, -0.2) is 0 Å². The Morgan fingerprint density at radius 1 is 1.44 bits per heavy atom. The van der Waals surface area contributed by atoms with Crippen molar-refractivity contribution < 1.29 is 4.79 Å². The van der Waals surface area contributed by atoms with Crippen molar-refractivity contribution in [3.63, 3.8) is 0 Å². The summed E-state index contributed by atoms with van der Waals surface area (Å²) in [5, 5.41) is 2.91. The number of carbonyl (C=O) groups excluding carboxylic acids is 1. The Balaban J connectivity index is 2.22. The second-order valence-corrected chi connectivity index (χ2v) is 4.39. The van der Waals surface area contributed by atoms with Crippen LogP contribution in [0.1, 0.15) is 18.5 Å². The fourth-order valence-electron chi connectivity index (χ4n) is 2.35. The van der Waals surface area contributed by atoms with Gasteiger partial charge in [0, 0.05) is 12.1 Å². The van der Waals surface area contributed by atoms with Gasteiger partial charge in [-0.3, -0.25) is 9.78 Å². The number of rotatable bonds is 0. The highest BCUT2D eigenvalue weighted by Gasteiger charge is 2.44. The number of aromatic nitrogens is 1. The lowest BCUT2D eigenvalue weighted by Crippen LogP contribution is -2.42. The molecule has 0 fully saturated rings. The van der Waals surface area contributed by atoms with Crippen LogP contribution in [0.5, 0.6) is 0 Å². The van der Waals surface area contributed by atoms with E-state index in [9.17, 15) is 4.79 Å². The van der Waals surface area contributed by atoms with E-state index < -0.39 is 5.41 Å². The van der Waals surface area contributed by atoms with E-state index in [4.69, 9.17) is 0 Å². The molecule has 2 heterocycles. The van der Waals surface area contributed by atoms with Crippen LogP contribution in [0.15, 0.2) is 42.6 Å². The molecule has 16 heavy (non-hydrogen) atoms. The highest BCUT2D eigenvalue weighted by atomic mass is 16.2. The number of hydrogen-bond acceptors (Lipinski definition) is 2. The number of fused-ring (bicyclic) bond motifs is 3. The second kappa shape index (κ2) is 3.04. The van der Waals surface area contributed by atoms with Crippen molar-refractivity contribution in [2.24, 2.45) is 5.41 Å². The van der Waals surface area contributed by atoms with Crippen molar-refractivity contribution in [3.05, 3.63) is 48.3 Å². The SMILES string of the molecule is C[C@]12C=CC=C[C@H]1c1ncccc1NC2=O. The highest BCUT2D eigenvalue weighted by Crippen LogP contribution is 2.46. The quantitative estimate of drug-likeness (QED) is 0.716. The molecule has 0 saturated heterocycles. The minimum Gasteiger partial charge on any atom is -0.324 e. The van der Waals surface area contributed by atoms with E-state index >= 15 is 0 Å². The molecule has 2 aliphatic rings. The summed E-state index contributed by atoms with van der Waals surface area (Å²) in [6.45, 7) is 1.95. The normalized spacial score (nSPS) is 30.6. The summed E-state index contributed by atoms with van der Waals surface area (Å²) in [5.41, 5.74) is 1.27. The predicted molar refractivity (Wildman–Crippen MR) is 62.0 cm³/mol. The number of pyridine rings is 1. The number of anilines is 1. The summed E-state index contributed by atoms with van der Waals surface area (Å²) in [5.74, 6) is 0.0843. The largest absolute Gasteiger partial charge is 0.324 e. The van der Waals surface area contributed by atoms with Crippen LogP contribution in [0.25, 0.3) is 0 Å². The van der Waals surface area contributed by atoms with Gasteiger partial charge in [0.2, 0.25) is 5.91 Å². The number of hydrogen-bond donors (Lipinski definition) is 1. The van der Waals surface area contributed by atoms with Crippen molar-refractivity contribution in [2.75, 3.05) is 5.32 Å². The fraction of sp³-hybridized carbons (Fsp3) is 0.231. The monoisotopic (exact) mass is 212 g/mol. The number of amides is 1. The summed E-state index contributed by atoms with van der Waals surface area (Å²) in [6.07, 6.45) is 9.66. The van der Waals surface area contributed by atoms with E-state index in [0.29, 0.717) is 0 Å². The molecule has 3 rings (SSSR count). The number of carbonyl (C=O) groups is 1. The van der Waals surface area contributed by atoms with Gasteiger partial charge >= 0.3 is 0 Å². The first-order chi connectivity index (χ1) is 7.72. The van der Waals surface area contributed by atoms with Crippen molar-refractivity contribution in [2.45, 2.75) is 12.8 Å². The van der Waals surface area contributed by atoms with Crippen molar-refractivity contribution in [3.8, 4) is 0 Å². The van der Waals surface area contributed by atoms with E-state index in [2.05, 4.69) is 10.3 Å². The number of nitrogens with one attached hydrogen (secondary N) is 1. The highest BCUT2D eigenvalue weighted by molar-refractivity contribution is 6.00. The third-order valence-corrected chi connectivity index (χ3v) is 3.37. The van der Waals surface area contributed by atoms with Crippen LogP contribution in [-0.4, -0.2) is 10.9 Å². The molecule has 0 saturated carbocycles. The Kier molecular flexibility index (Phi) is 1.78. The molecule has 3 nitrogen and oxygen atoms in total. The molecular formula is C13H12N2O. The minimum absolute atomic E-state index is 0.0404. The molecule has 0 radical (unpaired) electrons. The summed E-state index contributed by atoms with van der Waals surface area (Å²) >= 11 is 0. The molecule has 1 aliphatic carbocycles. The summed E-state index contributed by atoms with van der Waals surface area (Å²) in [7, 11) is 0. The van der Waals surface area contributed by atoms with Crippen molar-refractivity contribution >= 4 is 11.6 Å². The van der Waals surface area contributed by atoms with Gasteiger partial charge in [0.15, 0.2) is 0 Å². The third kappa shape index (κ3) is 1.08. The molecule has 1 amide bonds. The number of allylic oxidation sites excluding steroid dienone is 3. The average molecular weight is 212 g/mol. The van der Waals surface area contributed by atoms with Gasteiger partial charge < -0.3 is 5.32 Å². The third-order valence-electron chi connectivity index (χ3n) is 3.37.